The molecule has 72 valence electrons. The van der Waals surface area contributed by atoms with Crippen LogP contribution in [0.5, 0.6) is 0 Å². The summed E-state index contributed by atoms with van der Waals surface area (Å²) in [6.07, 6.45) is 9.59. The molecular weight excluding hydrogens is 148 g/mol. The smallest absolute Gasteiger partial charge is 0.0468 e. The van der Waals surface area contributed by atoms with Gasteiger partial charge in [0.1, 0.15) is 0 Å². The fourth-order valence-electron chi connectivity index (χ4n) is 1.20. The SMILES string of the molecule is CCCCCC/C=C(/C)CCO. The fourth-order valence-corrected chi connectivity index (χ4v) is 1.20. The van der Waals surface area contributed by atoms with Crippen molar-refractivity contribution in [3.05, 3.63) is 11.6 Å². The van der Waals surface area contributed by atoms with Gasteiger partial charge in [-0.1, -0.05) is 37.8 Å². The molecule has 0 radical (unpaired) electrons. The lowest BCUT2D eigenvalue weighted by Crippen LogP contribution is -1.84. The second-order valence-electron chi connectivity index (χ2n) is 3.37. The van der Waals surface area contributed by atoms with E-state index in [1.807, 2.05) is 0 Å². The number of unbranched alkanes of at least 4 members (excludes halogenated alkanes) is 4. The van der Waals surface area contributed by atoms with Gasteiger partial charge in [-0.05, 0) is 26.2 Å². The van der Waals surface area contributed by atoms with E-state index in [-0.39, 0.29) is 6.61 Å². The Morgan fingerprint density at radius 1 is 1.25 bits per heavy atom. The highest BCUT2D eigenvalue weighted by molar-refractivity contribution is 4.97. The Kier molecular flexibility index (Phi) is 8.57. The van der Waals surface area contributed by atoms with Crippen molar-refractivity contribution in [3.8, 4) is 0 Å². The summed E-state index contributed by atoms with van der Waals surface area (Å²) in [7, 11) is 0. The van der Waals surface area contributed by atoms with Gasteiger partial charge >= 0.3 is 0 Å². The first-order valence-electron chi connectivity index (χ1n) is 5.07. The Hall–Kier alpha value is -0.300. The maximum atomic E-state index is 8.64. The van der Waals surface area contributed by atoms with E-state index in [4.69, 9.17) is 5.11 Å². The van der Waals surface area contributed by atoms with Crippen molar-refractivity contribution in [2.75, 3.05) is 6.61 Å². The average Bonchev–Trinajstić information content (AvgIpc) is 2.05. The van der Waals surface area contributed by atoms with Gasteiger partial charge in [0, 0.05) is 6.61 Å². The molecule has 0 aromatic carbocycles. The highest BCUT2D eigenvalue weighted by Gasteiger charge is 1.88. The molecule has 0 heterocycles. The van der Waals surface area contributed by atoms with E-state index in [0.29, 0.717) is 0 Å². The summed E-state index contributed by atoms with van der Waals surface area (Å²) in [5, 5.41) is 8.64. The van der Waals surface area contributed by atoms with Gasteiger partial charge < -0.3 is 5.11 Å². The minimum absolute atomic E-state index is 0.289. The monoisotopic (exact) mass is 170 g/mol. The standard InChI is InChI=1S/C11H22O/c1-3-4-5-6-7-8-11(2)9-10-12/h8,12H,3-7,9-10H2,1-2H3/b11-8-. The van der Waals surface area contributed by atoms with Gasteiger partial charge in [-0.25, -0.2) is 0 Å². The maximum absolute atomic E-state index is 8.64. The molecule has 1 N–H and O–H groups in total. The first kappa shape index (κ1) is 11.7. The molecule has 0 spiro atoms. The summed E-state index contributed by atoms with van der Waals surface area (Å²) in [4.78, 5) is 0. The van der Waals surface area contributed by atoms with Crippen LogP contribution in [-0.4, -0.2) is 11.7 Å². The lowest BCUT2D eigenvalue weighted by Gasteiger charge is -1.98. The van der Waals surface area contributed by atoms with Gasteiger partial charge in [-0.15, -0.1) is 0 Å². The molecular formula is C11H22O. The van der Waals surface area contributed by atoms with Gasteiger partial charge in [0.15, 0.2) is 0 Å². The van der Waals surface area contributed by atoms with Gasteiger partial charge in [0.2, 0.25) is 0 Å². The normalized spacial score (nSPS) is 12.1. The van der Waals surface area contributed by atoms with E-state index in [1.165, 1.54) is 37.7 Å². The van der Waals surface area contributed by atoms with Gasteiger partial charge in [0.05, 0.1) is 0 Å². The van der Waals surface area contributed by atoms with E-state index in [1.54, 1.807) is 0 Å². The highest BCUT2D eigenvalue weighted by atomic mass is 16.2. The fraction of sp³-hybridized carbons (Fsp3) is 0.818. The second kappa shape index (κ2) is 8.79. The lowest BCUT2D eigenvalue weighted by molar-refractivity contribution is 0.299. The Bertz CT molecular complexity index is 116. The zero-order valence-corrected chi connectivity index (χ0v) is 8.47. The van der Waals surface area contributed by atoms with Crippen molar-refractivity contribution in [1.29, 1.82) is 0 Å². The van der Waals surface area contributed by atoms with Crippen molar-refractivity contribution in [2.24, 2.45) is 0 Å². The van der Waals surface area contributed by atoms with Crippen LogP contribution < -0.4 is 0 Å². The Balaban J connectivity index is 3.21. The molecule has 0 aliphatic heterocycles. The molecule has 1 heteroatoms. The van der Waals surface area contributed by atoms with Crippen molar-refractivity contribution in [2.45, 2.75) is 52.4 Å². The predicted octanol–water partition coefficient (Wildman–Crippen LogP) is 3.29. The minimum atomic E-state index is 0.289. The molecule has 12 heavy (non-hydrogen) atoms. The van der Waals surface area contributed by atoms with E-state index < -0.39 is 0 Å². The number of rotatable bonds is 7. The van der Waals surface area contributed by atoms with E-state index in [9.17, 15) is 0 Å². The summed E-state index contributed by atoms with van der Waals surface area (Å²) in [6.45, 7) is 4.61. The third-order valence-electron chi connectivity index (χ3n) is 2.06. The van der Waals surface area contributed by atoms with Gasteiger partial charge in [-0.2, -0.15) is 0 Å². The number of allylic oxidation sites excluding steroid dienone is 1. The van der Waals surface area contributed by atoms with Crippen LogP contribution in [0.3, 0.4) is 0 Å². The van der Waals surface area contributed by atoms with Crippen LogP contribution in [0.2, 0.25) is 0 Å². The molecule has 0 aliphatic carbocycles. The lowest BCUT2D eigenvalue weighted by atomic mass is 10.1. The number of hydrogen-bond donors (Lipinski definition) is 1. The van der Waals surface area contributed by atoms with Crippen molar-refractivity contribution < 1.29 is 5.11 Å². The van der Waals surface area contributed by atoms with Crippen molar-refractivity contribution in [1.82, 2.24) is 0 Å². The van der Waals surface area contributed by atoms with Crippen LogP contribution in [0.25, 0.3) is 0 Å². The molecule has 0 saturated carbocycles. The Morgan fingerprint density at radius 2 is 2.00 bits per heavy atom. The Labute approximate surface area is 76.5 Å². The Morgan fingerprint density at radius 3 is 2.58 bits per heavy atom. The minimum Gasteiger partial charge on any atom is -0.396 e. The molecule has 0 aliphatic rings. The van der Waals surface area contributed by atoms with Crippen LogP contribution >= 0.6 is 0 Å². The second-order valence-corrected chi connectivity index (χ2v) is 3.37. The summed E-state index contributed by atoms with van der Waals surface area (Å²) in [5.74, 6) is 0. The third kappa shape index (κ3) is 7.80. The third-order valence-corrected chi connectivity index (χ3v) is 2.06. The zero-order valence-electron chi connectivity index (χ0n) is 8.47. The van der Waals surface area contributed by atoms with Crippen molar-refractivity contribution in [3.63, 3.8) is 0 Å². The molecule has 0 atom stereocenters. The predicted molar refractivity (Wildman–Crippen MR) is 54.2 cm³/mol. The summed E-state index contributed by atoms with van der Waals surface area (Å²) < 4.78 is 0. The molecule has 0 fully saturated rings. The quantitative estimate of drug-likeness (QED) is 0.459. The number of aliphatic hydroxyl groups excluding tert-OH is 1. The van der Waals surface area contributed by atoms with Crippen LogP contribution in [0, 0.1) is 0 Å². The van der Waals surface area contributed by atoms with Crippen molar-refractivity contribution >= 4 is 0 Å². The maximum Gasteiger partial charge on any atom is 0.0468 e. The largest absolute Gasteiger partial charge is 0.396 e. The molecule has 0 unspecified atom stereocenters. The molecule has 0 bridgehead atoms. The zero-order chi connectivity index (χ0) is 9.23. The first-order valence-corrected chi connectivity index (χ1v) is 5.07. The first-order chi connectivity index (χ1) is 5.81. The van der Waals surface area contributed by atoms with Crippen LogP contribution in [0.4, 0.5) is 0 Å². The molecule has 1 nitrogen and oxygen atoms in total. The van der Waals surface area contributed by atoms with E-state index >= 15 is 0 Å². The van der Waals surface area contributed by atoms with Crippen LogP contribution in [-0.2, 0) is 0 Å². The summed E-state index contributed by atoms with van der Waals surface area (Å²) in [5.41, 5.74) is 1.33. The topological polar surface area (TPSA) is 20.2 Å². The summed E-state index contributed by atoms with van der Waals surface area (Å²) in [6, 6.07) is 0. The van der Waals surface area contributed by atoms with Crippen LogP contribution in [0.15, 0.2) is 11.6 Å². The molecule has 0 rings (SSSR count). The number of hydrogen-bond acceptors (Lipinski definition) is 1. The van der Waals surface area contributed by atoms with E-state index in [2.05, 4.69) is 19.9 Å². The average molecular weight is 170 g/mol. The molecule has 0 aromatic rings. The molecule has 0 aromatic heterocycles. The van der Waals surface area contributed by atoms with Crippen LogP contribution in [0.1, 0.15) is 52.4 Å². The van der Waals surface area contributed by atoms with E-state index in [0.717, 1.165) is 6.42 Å². The molecule has 0 saturated heterocycles. The summed E-state index contributed by atoms with van der Waals surface area (Å²) >= 11 is 0. The van der Waals surface area contributed by atoms with Gasteiger partial charge in [-0.3, -0.25) is 0 Å². The van der Waals surface area contributed by atoms with Gasteiger partial charge in [0.25, 0.3) is 0 Å². The molecule has 0 amide bonds. The number of aliphatic hydroxyl groups is 1. The highest BCUT2D eigenvalue weighted by Crippen LogP contribution is 2.06.